The van der Waals surface area contributed by atoms with Crippen molar-refractivity contribution in [2.45, 2.75) is 6.61 Å². The molecule has 0 aliphatic carbocycles. The van der Waals surface area contributed by atoms with E-state index in [2.05, 4.69) is 21.1 Å². The predicted molar refractivity (Wildman–Crippen MR) is 82.2 cm³/mol. The second-order valence-electron chi connectivity index (χ2n) is 5.07. The first-order chi connectivity index (χ1) is 10.8. The van der Waals surface area contributed by atoms with Gasteiger partial charge in [-0.1, -0.05) is 30.3 Å². The van der Waals surface area contributed by atoms with Gasteiger partial charge in [0.15, 0.2) is 11.9 Å². The van der Waals surface area contributed by atoms with Gasteiger partial charge in [-0.25, -0.2) is 9.97 Å². The molecule has 6 heteroatoms. The fourth-order valence-corrected chi connectivity index (χ4v) is 2.29. The minimum Gasteiger partial charge on any atom is -0.486 e. The Morgan fingerprint density at radius 3 is 2.36 bits per heavy atom. The third-order valence-electron chi connectivity index (χ3n) is 3.57. The van der Waals surface area contributed by atoms with Gasteiger partial charge in [-0.05, 0) is 5.56 Å². The topological polar surface area (TPSA) is 65.3 Å². The van der Waals surface area contributed by atoms with Crippen LogP contribution in [0.15, 0.2) is 42.7 Å². The van der Waals surface area contributed by atoms with E-state index >= 15 is 0 Å². The van der Waals surface area contributed by atoms with Crippen molar-refractivity contribution >= 4 is 5.95 Å². The molecule has 1 aliphatic rings. The van der Waals surface area contributed by atoms with Gasteiger partial charge in [0.1, 0.15) is 6.61 Å². The van der Waals surface area contributed by atoms with Crippen LogP contribution in [0.1, 0.15) is 5.56 Å². The molecular formula is C16H17N5O. The van der Waals surface area contributed by atoms with Crippen LogP contribution >= 0.6 is 0 Å². The summed E-state index contributed by atoms with van der Waals surface area (Å²) in [7, 11) is 0. The number of ether oxygens (including phenoxy) is 1. The summed E-state index contributed by atoms with van der Waals surface area (Å²) in [5.74, 6) is 1.34. The maximum Gasteiger partial charge on any atom is 0.225 e. The van der Waals surface area contributed by atoms with E-state index in [1.165, 1.54) is 0 Å². The fraction of sp³-hybridized carbons (Fsp3) is 0.312. The van der Waals surface area contributed by atoms with E-state index in [1.807, 2.05) is 30.3 Å². The second-order valence-corrected chi connectivity index (χ2v) is 5.07. The molecule has 0 atom stereocenters. The van der Waals surface area contributed by atoms with Crippen LogP contribution in [0.25, 0.3) is 0 Å². The number of aromatic nitrogens is 2. The molecule has 0 bridgehead atoms. The molecule has 1 saturated heterocycles. The van der Waals surface area contributed by atoms with Crippen LogP contribution in [0.3, 0.4) is 0 Å². The normalized spacial score (nSPS) is 14.5. The van der Waals surface area contributed by atoms with Crippen molar-refractivity contribution in [3.63, 3.8) is 0 Å². The Balaban J connectivity index is 1.55. The van der Waals surface area contributed by atoms with Gasteiger partial charge in [0.2, 0.25) is 5.95 Å². The molecule has 6 nitrogen and oxygen atoms in total. The van der Waals surface area contributed by atoms with Gasteiger partial charge in [0.05, 0.1) is 12.4 Å². The second kappa shape index (κ2) is 6.76. The maximum absolute atomic E-state index is 8.85. The van der Waals surface area contributed by atoms with E-state index in [9.17, 15) is 0 Å². The number of nitrogens with zero attached hydrogens (tertiary/aromatic N) is 5. The standard InChI is InChI=1S/C16H17N5O/c17-13-20-6-8-21(9-7-20)16-18-10-15(11-19-16)22-12-14-4-2-1-3-5-14/h1-5,10-11H,6-9,12H2. The quantitative estimate of drug-likeness (QED) is 0.799. The van der Waals surface area contributed by atoms with Crippen LogP contribution in [-0.2, 0) is 6.61 Å². The van der Waals surface area contributed by atoms with Crippen molar-refractivity contribution in [2.24, 2.45) is 0 Å². The van der Waals surface area contributed by atoms with Crippen molar-refractivity contribution in [2.75, 3.05) is 31.1 Å². The Hall–Kier alpha value is -2.81. The van der Waals surface area contributed by atoms with E-state index in [1.54, 1.807) is 17.3 Å². The van der Waals surface area contributed by atoms with Crippen molar-refractivity contribution in [3.05, 3.63) is 48.3 Å². The minimum absolute atomic E-state index is 0.504. The molecule has 0 saturated carbocycles. The van der Waals surface area contributed by atoms with Gasteiger partial charge >= 0.3 is 0 Å². The lowest BCUT2D eigenvalue weighted by atomic mass is 10.2. The van der Waals surface area contributed by atoms with E-state index < -0.39 is 0 Å². The zero-order valence-electron chi connectivity index (χ0n) is 12.2. The number of hydrogen-bond donors (Lipinski definition) is 0. The van der Waals surface area contributed by atoms with Gasteiger partial charge in [0, 0.05) is 26.2 Å². The van der Waals surface area contributed by atoms with Gasteiger partial charge in [0.25, 0.3) is 0 Å². The maximum atomic E-state index is 8.85. The minimum atomic E-state index is 0.504. The van der Waals surface area contributed by atoms with Crippen LogP contribution in [0.2, 0.25) is 0 Å². The summed E-state index contributed by atoms with van der Waals surface area (Å²) in [5, 5.41) is 8.85. The Morgan fingerprint density at radius 2 is 1.73 bits per heavy atom. The van der Waals surface area contributed by atoms with Crippen LogP contribution < -0.4 is 9.64 Å². The number of rotatable bonds is 4. The molecule has 1 aromatic carbocycles. The van der Waals surface area contributed by atoms with Crippen LogP contribution in [-0.4, -0.2) is 41.0 Å². The number of piperazine rings is 1. The van der Waals surface area contributed by atoms with Crippen molar-refractivity contribution in [1.29, 1.82) is 5.26 Å². The fourth-order valence-electron chi connectivity index (χ4n) is 2.29. The number of anilines is 1. The van der Waals surface area contributed by atoms with Gasteiger partial charge < -0.3 is 14.5 Å². The summed E-state index contributed by atoms with van der Waals surface area (Å²) in [4.78, 5) is 12.5. The van der Waals surface area contributed by atoms with Crippen LogP contribution in [0.5, 0.6) is 5.75 Å². The lowest BCUT2D eigenvalue weighted by Gasteiger charge is -2.31. The first-order valence-electron chi connectivity index (χ1n) is 7.23. The highest BCUT2D eigenvalue weighted by Gasteiger charge is 2.17. The summed E-state index contributed by atoms with van der Waals surface area (Å²) in [6.45, 7) is 3.46. The van der Waals surface area contributed by atoms with Crippen molar-refractivity contribution < 1.29 is 4.74 Å². The Bertz CT molecular complexity index is 630. The van der Waals surface area contributed by atoms with Crippen molar-refractivity contribution in [3.8, 4) is 11.9 Å². The number of hydrogen-bond acceptors (Lipinski definition) is 6. The molecule has 0 amide bonds. The molecule has 22 heavy (non-hydrogen) atoms. The van der Waals surface area contributed by atoms with Crippen LogP contribution in [0, 0.1) is 11.5 Å². The number of nitriles is 1. The molecule has 0 N–H and O–H groups in total. The molecule has 2 heterocycles. The first-order valence-corrected chi connectivity index (χ1v) is 7.23. The zero-order chi connectivity index (χ0) is 15.2. The molecule has 2 aromatic rings. The third kappa shape index (κ3) is 3.44. The third-order valence-corrected chi connectivity index (χ3v) is 3.57. The summed E-state index contributed by atoms with van der Waals surface area (Å²) < 4.78 is 5.67. The molecule has 1 aliphatic heterocycles. The predicted octanol–water partition coefficient (Wildman–Crippen LogP) is 1.66. The molecule has 0 radical (unpaired) electrons. The van der Waals surface area contributed by atoms with Gasteiger partial charge in [-0.3, -0.25) is 0 Å². The van der Waals surface area contributed by atoms with Crippen molar-refractivity contribution in [1.82, 2.24) is 14.9 Å². The Morgan fingerprint density at radius 1 is 1.05 bits per heavy atom. The lowest BCUT2D eigenvalue weighted by molar-refractivity contribution is 0.303. The molecular weight excluding hydrogens is 278 g/mol. The van der Waals surface area contributed by atoms with E-state index in [0.29, 0.717) is 31.4 Å². The highest BCUT2D eigenvalue weighted by molar-refractivity contribution is 5.32. The summed E-state index contributed by atoms with van der Waals surface area (Å²) >= 11 is 0. The highest BCUT2D eigenvalue weighted by atomic mass is 16.5. The molecule has 1 aromatic heterocycles. The molecule has 0 spiro atoms. The molecule has 1 fully saturated rings. The average Bonchev–Trinajstić information content (AvgIpc) is 2.61. The average molecular weight is 295 g/mol. The number of benzene rings is 1. The Labute approximate surface area is 129 Å². The largest absolute Gasteiger partial charge is 0.486 e. The monoisotopic (exact) mass is 295 g/mol. The van der Waals surface area contributed by atoms with Crippen LogP contribution in [0.4, 0.5) is 5.95 Å². The molecule has 0 unspecified atom stereocenters. The molecule has 112 valence electrons. The zero-order valence-corrected chi connectivity index (χ0v) is 12.2. The SMILES string of the molecule is N#CN1CCN(c2ncc(OCc3ccccc3)cn2)CC1. The first kappa shape index (κ1) is 14.1. The van der Waals surface area contributed by atoms with E-state index in [0.717, 1.165) is 18.7 Å². The summed E-state index contributed by atoms with van der Waals surface area (Å²) in [5.41, 5.74) is 1.11. The van der Waals surface area contributed by atoms with E-state index in [4.69, 9.17) is 10.00 Å². The van der Waals surface area contributed by atoms with E-state index in [-0.39, 0.29) is 0 Å². The highest BCUT2D eigenvalue weighted by Crippen LogP contribution is 2.15. The summed E-state index contributed by atoms with van der Waals surface area (Å²) in [6, 6.07) is 9.99. The summed E-state index contributed by atoms with van der Waals surface area (Å²) in [6.07, 6.45) is 5.56. The van der Waals surface area contributed by atoms with Gasteiger partial charge in [-0.2, -0.15) is 5.26 Å². The smallest absolute Gasteiger partial charge is 0.225 e. The Kier molecular flexibility index (Phi) is 4.35. The lowest BCUT2D eigenvalue weighted by Crippen LogP contribution is -2.44. The van der Waals surface area contributed by atoms with Gasteiger partial charge in [-0.15, -0.1) is 0 Å². The molecule has 3 rings (SSSR count).